The number of thioether (sulfide) groups is 1. The lowest BCUT2D eigenvalue weighted by Crippen LogP contribution is -2.23. The Bertz CT molecular complexity index is 1440. The zero-order valence-electron chi connectivity index (χ0n) is 19.0. The largest absolute Gasteiger partial charge is 0.342 e. The number of aliphatic imine (C=N–C) groups is 1. The minimum atomic E-state index is -0.0349. The van der Waals surface area contributed by atoms with Crippen LogP contribution in [0.25, 0.3) is 17.0 Å². The number of likely N-dealkylation sites (N-methyl/N-ethyl adjacent to an activating group) is 1. The number of aryl methyl sites for hydroxylation is 1. The van der Waals surface area contributed by atoms with Crippen molar-refractivity contribution in [3.63, 3.8) is 0 Å². The van der Waals surface area contributed by atoms with Gasteiger partial charge in [-0.05, 0) is 59.7 Å². The van der Waals surface area contributed by atoms with Crippen molar-refractivity contribution in [3.05, 3.63) is 106 Å². The number of rotatable bonds is 5. The highest BCUT2D eigenvalue weighted by atomic mass is 35.5. The van der Waals surface area contributed by atoms with Gasteiger partial charge in [0.1, 0.15) is 0 Å². The Kier molecular flexibility index (Phi) is 6.31. The molecule has 3 aromatic carbocycles. The lowest BCUT2D eigenvalue weighted by Gasteiger charge is -2.08. The number of amidine groups is 1. The Labute approximate surface area is 208 Å². The molecule has 1 amide bonds. The molecule has 0 spiro atoms. The van der Waals surface area contributed by atoms with E-state index in [0.29, 0.717) is 10.1 Å². The molecule has 0 radical (unpaired) electrons. The van der Waals surface area contributed by atoms with Crippen LogP contribution in [-0.4, -0.2) is 27.6 Å². The van der Waals surface area contributed by atoms with Crippen LogP contribution in [-0.2, 0) is 17.8 Å². The van der Waals surface area contributed by atoms with Gasteiger partial charge < -0.3 is 4.57 Å². The number of halogens is 1. The van der Waals surface area contributed by atoms with Crippen LogP contribution in [0.3, 0.4) is 0 Å². The third-order valence-corrected chi connectivity index (χ3v) is 7.28. The van der Waals surface area contributed by atoms with Gasteiger partial charge in [0.05, 0.1) is 10.6 Å². The summed E-state index contributed by atoms with van der Waals surface area (Å²) in [4.78, 5) is 20.2. The van der Waals surface area contributed by atoms with Crippen LogP contribution in [0, 0.1) is 0 Å². The predicted molar refractivity (Wildman–Crippen MR) is 144 cm³/mol. The van der Waals surface area contributed by atoms with Gasteiger partial charge in [0.25, 0.3) is 5.91 Å². The summed E-state index contributed by atoms with van der Waals surface area (Å²) in [5.41, 5.74) is 5.38. The molecule has 34 heavy (non-hydrogen) atoms. The number of carbonyl (C=O) groups is 1. The van der Waals surface area contributed by atoms with E-state index in [1.165, 1.54) is 22.9 Å². The third kappa shape index (κ3) is 4.41. The topological polar surface area (TPSA) is 37.6 Å². The van der Waals surface area contributed by atoms with Gasteiger partial charge in [-0.1, -0.05) is 67.1 Å². The summed E-state index contributed by atoms with van der Waals surface area (Å²) < 4.78 is 2.21. The average molecular weight is 486 g/mol. The summed E-state index contributed by atoms with van der Waals surface area (Å²) in [7, 11) is 1.79. The Morgan fingerprint density at radius 2 is 1.74 bits per heavy atom. The number of carbonyl (C=O) groups excluding carboxylic acids is 1. The second kappa shape index (κ2) is 9.53. The molecule has 0 unspecified atom stereocenters. The first kappa shape index (κ1) is 22.5. The van der Waals surface area contributed by atoms with Crippen LogP contribution in [0.15, 0.2) is 88.9 Å². The number of nitrogens with zero attached hydrogens (tertiary/aromatic N) is 3. The van der Waals surface area contributed by atoms with Gasteiger partial charge in [-0.25, -0.2) is 4.99 Å². The highest BCUT2D eigenvalue weighted by molar-refractivity contribution is 8.18. The van der Waals surface area contributed by atoms with Gasteiger partial charge in [0.15, 0.2) is 5.17 Å². The Morgan fingerprint density at radius 1 is 1.00 bits per heavy atom. The van der Waals surface area contributed by atoms with E-state index in [9.17, 15) is 4.79 Å². The van der Waals surface area contributed by atoms with Crippen molar-refractivity contribution in [1.82, 2.24) is 9.47 Å². The molecule has 0 saturated carbocycles. The predicted octanol–water partition coefficient (Wildman–Crippen LogP) is 7.14. The van der Waals surface area contributed by atoms with Gasteiger partial charge >= 0.3 is 0 Å². The molecular formula is C28H24ClN3OS. The Hall–Kier alpha value is -3.28. The van der Waals surface area contributed by atoms with Gasteiger partial charge in [0.2, 0.25) is 0 Å². The molecule has 0 atom stereocenters. The summed E-state index contributed by atoms with van der Waals surface area (Å²) >= 11 is 7.47. The Balaban J connectivity index is 1.50. The lowest BCUT2D eigenvalue weighted by atomic mass is 10.1. The van der Waals surface area contributed by atoms with Gasteiger partial charge in [-0.2, -0.15) is 0 Å². The lowest BCUT2D eigenvalue weighted by molar-refractivity contribution is -0.121. The minimum absolute atomic E-state index is 0.0349. The minimum Gasteiger partial charge on any atom is -0.342 e. The van der Waals surface area contributed by atoms with Crippen LogP contribution in [0.4, 0.5) is 5.69 Å². The molecule has 1 fully saturated rings. The fourth-order valence-corrected chi connectivity index (χ4v) is 5.22. The molecular weight excluding hydrogens is 462 g/mol. The van der Waals surface area contributed by atoms with Crippen molar-refractivity contribution in [2.24, 2.45) is 4.99 Å². The molecule has 0 bridgehead atoms. The molecule has 1 aliphatic heterocycles. The van der Waals surface area contributed by atoms with Crippen LogP contribution < -0.4 is 0 Å². The van der Waals surface area contributed by atoms with Crippen LogP contribution >= 0.6 is 23.4 Å². The van der Waals surface area contributed by atoms with Crippen LogP contribution in [0.1, 0.15) is 23.6 Å². The van der Waals surface area contributed by atoms with E-state index in [1.807, 2.05) is 60.7 Å². The second-order valence-corrected chi connectivity index (χ2v) is 9.65. The zero-order chi connectivity index (χ0) is 23.7. The second-order valence-electron chi connectivity index (χ2n) is 8.21. The summed E-state index contributed by atoms with van der Waals surface area (Å²) in [6.07, 6.45) is 4.99. The van der Waals surface area contributed by atoms with Crippen molar-refractivity contribution in [2.45, 2.75) is 19.9 Å². The summed E-state index contributed by atoms with van der Waals surface area (Å²) in [6, 6.07) is 24.2. The van der Waals surface area contributed by atoms with E-state index in [4.69, 9.17) is 16.6 Å². The van der Waals surface area contributed by atoms with Crippen molar-refractivity contribution in [1.29, 1.82) is 0 Å². The maximum absolute atomic E-state index is 13.1. The number of fused-ring (bicyclic) bond motifs is 1. The molecule has 0 N–H and O–H groups in total. The third-order valence-electron chi connectivity index (χ3n) is 5.96. The highest BCUT2D eigenvalue weighted by Gasteiger charge is 2.30. The van der Waals surface area contributed by atoms with Crippen LogP contribution in [0.5, 0.6) is 0 Å². The molecule has 5 rings (SSSR count). The van der Waals surface area contributed by atoms with Gasteiger partial charge in [-0.15, -0.1) is 0 Å². The monoisotopic (exact) mass is 485 g/mol. The zero-order valence-corrected chi connectivity index (χ0v) is 20.6. The van der Waals surface area contributed by atoms with Gasteiger partial charge in [0, 0.05) is 41.3 Å². The molecule has 170 valence electrons. The highest BCUT2D eigenvalue weighted by Crippen LogP contribution is 2.35. The molecule has 1 aromatic heterocycles. The smallest absolute Gasteiger partial charge is 0.266 e. The SMILES string of the molecule is CCc1ccccc1N=C1S/C(=C/c2cn(Cc3ccc(Cl)cc3)c3ccccc23)C(=O)N1C. The van der Waals surface area contributed by atoms with Crippen molar-refractivity contribution >= 4 is 57.1 Å². The fourth-order valence-electron chi connectivity index (χ4n) is 4.12. The van der Waals surface area contributed by atoms with E-state index < -0.39 is 0 Å². The van der Waals surface area contributed by atoms with E-state index in [2.05, 4.69) is 35.9 Å². The first-order chi connectivity index (χ1) is 16.5. The van der Waals surface area contributed by atoms with E-state index in [1.54, 1.807) is 11.9 Å². The summed E-state index contributed by atoms with van der Waals surface area (Å²) in [6.45, 7) is 2.84. The first-order valence-electron chi connectivity index (χ1n) is 11.2. The first-order valence-corrected chi connectivity index (χ1v) is 12.4. The average Bonchev–Trinajstić information content (AvgIpc) is 3.33. The van der Waals surface area contributed by atoms with Crippen molar-refractivity contribution < 1.29 is 4.79 Å². The molecule has 4 aromatic rings. The van der Waals surface area contributed by atoms with Crippen LogP contribution in [0.2, 0.25) is 5.02 Å². The molecule has 4 nitrogen and oxygen atoms in total. The van der Waals surface area contributed by atoms with Crippen molar-refractivity contribution in [3.8, 4) is 0 Å². The number of para-hydroxylation sites is 2. The molecule has 6 heteroatoms. The summed E-state index contributed by atoms with van der Waals surface area (Å²) in [5.74, 6) is -0.0349. The maximum Gasteiger partial charge on any atom is 0.266 e. The number of benzene rings is 3. The number of amides is 1. The van der Waals surface area contributed by atoms with E-state index in [-0.39, 0.29) is 5.91 Å². The number of hydrogen-bond donors (Lipinski definition) is 0. The Morgan fingerprint density at radius 3 is 2.53 bits per heavy atom. The fraction of sp³-hybridized carbons (Fsp3) is 0.143. The maximum atomic E-state index is 13.1. The summed E-state index contributed by atoms with van der Waals surface area (Å²) in [5, 5.41) is 2.54. The van der Waals surface area contributed by atoms with Crippen molar-refractivity contribution in [2.75, 3.05) is 7.05 Å². The van der Waals surface area contributed by atoms with Gasteiger partial charge in [-0.3, -0.25) is 9.69 Å². The van der Waals surface area contributed by atoms with E-state index in [0.717, 1.165) is 40.1 Å². The standard InChI is InChI=1S/C28H24ClN3OS/c1-3-20-8-4-6-10-24(20)30-28-31(2)27(33)26(34-28)16-21-18-32(25-11-7-5-9-23(21)25)17-19-12-14-22(29)15-13-19/h4-16,18H,3,17H2,1-2H3/b26-16+,30-28?. The number of hydrogen-bond acceptors (Lipinski definition) is 3. The number of aromatic nitrogens is 1. The van der Waals surface area contributed by atoms with E-state index >= 15 is 0 Å². The molecule has 0 aliphatic carbocycles. The molecule has 1 aliphatic rings. The molecule has 1 saturated heterocycles. The quantitative estimate of drug-likeness (QED) is 0.282. The molecule has 2 heterocycles. The normalized spacial score (nSPS) is 16.3.